The zero-order chi connectivity index (χ0) is 12.0. The number of nitrogens with zero attached hydrogens (tertiary/aromatic N) is 2. The minimum atomic E-state index is -0.591. The van der Waals surface area contributed by atoms with Gasteiger partial charge in [0.25, 0.3) is 5.91 Å². The summed E-state index contributed by atoms with van der Waals surface area (Å²) in [5.41, 5.74) is 12.3. The largest absolute Gasteiger partial charge is 0.383 e. The van der Waals surface area contributed by atoms with Gasteiger partial charge < -0.3 is 11.5 Å². The summed E-state index contributed by atoms with van der Waals surface area (Å²) in [5, 5.41) is 0. The number of nitrogens with two attached hydrogens (primary N) is 2. The first-order valence-electron chi connectivity index (χ1n) is 5.07. The van der Waals surface area contributed by atoms with Crippen molar-refractivity contribution in [3.8, 4) is 5.69 Å². The predicted molar refractivity (Wildman–Crippen MR) is 66.1 cm³/mol. The summed E-state index contributed by atoms with van der Waals surface area (Å²) in [7, 11) is 0. The monoisotopic (exact) mass is 246 g/mol. The van der Waals surface area contributed by atoms with Gasteiger partial charge in [0.15, 0.2) is 5.69 Å². The van der Waals surface area contributed by atoms with Crippen molar-refractivity contribution in [3.05, 3.63) is 35.8 Å². The molecule has 0 fully saturated rings. The van der Waals surface area contributed by atoms with Crippen LogP contribution in [0.25, 0.3) is 5.69 Å². The number of primary amides is 1. The second kappa shape index (κ2) is 3.53. The number of imidazole rings is 1. The van der Waals surface area contributed by atoms with E-state index in [1.807, 2.05) is 24.3 Å². The van der Waals surface area contributed by atoms with Crippen molar-refractivity contribution in [1.29, 1.82) is 0 Å². The normalized spacial score (nSPS) is 12.9. The molecule has 6 heteroatoms. The minimum absolute atomic E-state index is 0.150. The molecular formula is C11H10N4OS. The van der Waals surface area contributed by atoms with E-state index in [9.17, 15) is 4.79 Å². The topological polar surface area (TPSA) is 86.9 Å². The Labute approximate surface area is 102 Å². The van der Waals surface area contributed by atoms with Crippen molar-refractivity contribution < 1.29 is 4.79 Å². The first kappa shape index (κ1) is 10.2. The molecule has 0 aliphatic carbocycles. The van der Waals surface area contributed by atoms with Crippen molar-refractivity contribution in [2.75, 3.05) is 5.73 Å². The number of para-hydroxylation sites is 1. The fourth-order valence-corrected chi connectivity index (χ4v) is 2.89. The molecule has 1 aliphatic heterocycles. The number of rotatable bonds is 1. The van der Waals surface area contributed by atoms with Gasteiger partial charge in [0.05, 0.1) is 11.4 Å². The van der Waals surface area contributed by atoms with Gasteiger partial charge in [-0.1, -0.05) is 12.1 Å². The van der Waals surface area contributed by atoms with E-state index < -0.39 is 5.91 Å². The Hall–Kier alpha value is -1.95. The number of hydrogen-bond donors (Lipinski definition) is 2. The number of thioether (sulfide) groups is 1. The SMILES string of the molecule is NC(=O)c1nc2n(c1N)-c1ccccc1SC2. The Morgan fingerprint density at radius 1 is 1.41 bits per heavy atom. The summed E-state index contributed by atoms with van der Waals surface area (Å²) in [6.07, 6.45) is 0. The number of benzene rings is 1. The Morgan fingerprint density at radius 3 is 2.94 bits per heavy atom. The lowest BCUT2D eigenvalue weighted by Crippen LogP contribution is -2.14. The molecule has 0 saturated heterocycles. The molecule has 1 aromatic carbocycles. The average Bonchev–Trinajstić information content (AvgIpc) is 2.67. The molecule has 86 valence electrons. The highest BCUT2D eigenvalue weighted by atomic mass is 32.2. The second-order valence-electron chi connectivity index (χ2n) is 3.72. The molecule has 1 aliphatic rings. The van der Waals surface area contributed by atoms with Crippen LogP contribution in [0.15, 0.2) is 29.2 Å². The number of anilines is 1. The number of carbonyl (C=O) groups excluding carboxylic acids is 1. The number of hydrogen-bond acceptors (Lipinski definition) is 4. The van der Waals surface area contributed by atoms with Crippen LogP contribution in [-0.4, -0.2) is 15.5 Å². The smallest absolute Gasteiger partial charge is 0.271 e. The molecule has 2 heterocycles. The standard InChI is InChI=1S/C11H10N4OS/c12-10-9(11(13)16)14-8-5-17-7-4-2-1-3-6(7)15(8)10/h1-4H,5,12H2,(H2,13,16). The molecule has 0 radical (unpaired) electrons. The molecule has 0 spiro atoms. The highest BCUT2D eigenvalue weighted by Crippen LogP contribution is 2.37. The molecule has 5 nitrogen and oxygen atoms in total. The molecule has 0 unspecified atom stereocenters. The van der Waals surface area contributed by atoms with Crippen LogP contribution in [0.2, 0.25) is 0 Å². The number of aromatic nitrogens is 2. The zero-order valence-corrected chi connectivity index (χ0v) is 9.70. The van der Waals surface area contributed by atoms with Crippen molar-refractivity contribution in [3.63, 3.8) is 0 Å². The molecule has 3 rings (SSSR count). The molecule has 0 saturated carbocycles. The van der Waals surface area contributed by atoms with Gasteiger partial charge in [-0.25, -0.2) is 4.98 Å². The van der Waals surface area contributed by atoms with E-state index in [1.165, 1.54) is 0 Å². The Morgan fingerprint density at radius 2 is 2.18 bits per heavy atom. The van der Waals surface area contributed by atoms with Gasteiger partial charge in [-0.05, 0) is 12.1 Å². The number of nitrogen functional groups attached to an aromatic ring is 1. The number of carbonyl (C=O) groups is 1. The van der Waals surface area contributed by atoms with E-state index in [1.54, 1.807) is 16.3 Å². The van der Waals surface area contributed by atoms with E-state index >= 15 is 0 Å². The summed E-state index contributed by atoms with van der Waals surface area (Å²) in [4.78, 5) is 16.5. The first-order chi connectivity index (χ1) is 8.18. The van der Waals surface area contributed by atoms with Crippen molar-refractivity contribution in [2.24, 2.45) is 5.73 Å². The summed E-state index contributed by atoms with van der Waals surface area (Å²) in [6.45, 7) is 0. The third-order valence-corrected chi connectivity index (χ3v) is 3.74. The summed E-state index contributed by atoms with van der Waals surface area (Å²) >= 11 is 1.67. The highest BCUT2D eigenvalue weighted by molar-refractivity contribution is 7.98. The van der Waals surface area contributed by atoms with Gasteiger partial charge in [0, 0.05) is 4.90 Å². The fourth-order valence-electron chi connectivity index (χ4n) is 1.93. The van der Waals surface area contributed by atoms with Crippen LogP contribution in [0.5, 0.6) is 0 Å². The van der Waals surface area contributed by atoms with E-state index in [0.717, 1.165) is 16.4 Å². The Balaban J connectivity index is 2.28. The third-order valence-electron chi connectivity index (χ3n) is 2.68. The third kappa shape index (κ3) is 1.41. The van der Waals surface area contributed by atoms with Gasteiger partial charge in [-0.3, -0.25) is 9.36 Å². The van der Waals surface area contributed by atoms with Crippen molar-refractivity contribution in [1.82, 2.24) is 9.55 Å². The summed E-state index contributed by atoms with van der Waals surface area (Å²) in [5.74, 6) is 1.18. The van der Waals surface area contributed by atoms with Gasteiger partial charge in [0.2, 0.25) is 0 Å². The molecule has 1 aromatic heterocycles. The predicted octanol–water partition coefficient (Wildman–Crippen LogP) is 1.16. The number of fused-ring (bicyclic) bond motifs is 3. The molecule has 2 aromatic rings. The second-order valence-corrected chi connectivity index (χ2v) is 4.74. The Kier molecular flexibility index (Phi) is 2.12. The van der Waals surface area contributed by atoms with Crippen LogP contribution < -0.4 is 11.5 Å². The molecule has 17 heavy (non-hydrogen) atoms. The van der Waals surface area contributed by atoms with Crippen LogP contribution >= 0.6 is 11.8 Å². The fraction of sp³-hybridized carbons (Fsp3) is 0.0909. The van der Waals surface area contributed by atoms with E-state index in [4.69, 9.17) is 11.5 Å². The van der Waals surface area contributed by atoms with Crippen LogP contribution in [-0.2, 0) is 5.75 Å². The lowest BCUT2D eigenvalue weighted by atomic mass is 10.3. The van der Waals surface area contributed by atoms with Crippen molar-refractivity contribution >= 4 is 23.5 Å². The summed E-state index contributed by atoms with van der Waals surface area (Å²) < 4.78 is 1.80. The molecule has 0 bridgehead atoms. The van der Waals surface area contributed by atoms with Crippen molar-refractivity contribution in [2.45, 2.75) is 10.6 Å². The van der Waals surface area contributed by atoms with Gasteiger partial charge in [-0.15, -0.1) is 11.8 Å². The van der Waals surface area contributed by atoms with Crippen LogP contribution in [0.3, 0.4) is 0 Å². The highest BCUT2D eigenvalue weighted by Gasteiger charge is 2.24. The van der Waals surface area contributed by atoms with Crippen LogP contribution in [0, 0.1) is 0 Å². The van der Waals surface area contributed by atoms with Crippen LogP contribution in [0.1, 0.15) is 16.3 Å². The zero-order valence-electron chi connectivity index (χ0n) is 8.88. The first-order valence-corrected chi connectivity index (χ1v) is 6.06. The maximum absolute atomic E-state index is 11.2. The molecule has 4 N–H and O–H groups in total. The van der Waals surface area contributed by atoms with E-state index in [0.29, 0.717) is 11.6 Å². The van der Waals surface area contributed by atoms with E-state index in [2.05, 4.69) is 4.98 Å². The number of amides is 1. The maximum Gasteiger partial charge on any atom is 0.271 e. The quantitative estimate of drug-likeness (QED) is 0.790. The minimum Gasteiger partial charge on any atom is -0.383 e. The van der Waals surface area contributed by atoms with Gasteiger partial charge in [-0.2, -0.15) is 0 Å². The maximum atomic E-state index is 11.2. The average molecular weight is 246 g/mol. The molecule has 1 amide bonds. The lowest BCUT2D eigenvalue weighted by molar-refractivity contribution is 0.0997. The Bertz CT molecular complexity index is 620. The van der Waals surface area contributed by atoms with E-state index in [-0.39, 0.29) is 5.69 Å². The van der Waals surface area contributed by atoms with Crippen LogP contribution in [0.4, 0.5) is 5.82 Å². The molecular weight excluding hydrogens is 236 g/mol. The van der Waals surface area contributed by atoms with Gasteiger partial charge >= 0.3 is 0 Å². The van der Waals surface area contributed by atoms with Gasteiger partial charge in [0.1, 0.15) is 11.6 Å². The lowest BCUT2D eigenvalue weighted by Gasteiger charge is -2.18. The summed E-state index contributed by atoms with van der Waals surface area (Å²) in [6, 6.07) is 7.87. The molecule has 0 atom stereocenters.